The first-order valence-corrected chi connectivity index (χ1v) is 6.95. The molecule has 0 atom stereocenters. The van der Waals surface area contributed by atoms with Crippen LogP contribution in [0.1, 0.15) is 33.3 Å². The van der Waals surface area contributed by atoms with Crippen LogP contribution in [0.3, 0.4) is 0 Å². The molecule has 0 unspecified atom stereocenters. The highest BCUT2D eigenvalue weighted by atomic mass is 32.2. The Hall–Kier alpha value is -1.07. The minimum absolute atomic E-state index is 0.318. The Morgan fingerprint density at radius 1 is 1.18 bits per heavy atom. The number of nitrogens with one attached hydrogen (secondary N) is 1. The summed E-state index contributed by atoms with van der Waals surface area (Å²) in [4.78, 5) is 0. The van der Waals surface area contributed by atoms with Crippen LogP contribution in [0, 0.1) is 0 Å². The van der Waals surface area contributed by atoms with Gasteiger partial charge in [-0.05, 0) is 44.9 Å². The first-order valence-electron chi connectivity index (χ1n) is 5.54. The van der Waals surface area contributed by atoms with Crippen LogP contribution >= 0.6 is 0 Å². The lowest BCUT2D eigenvalue weighted by Crippen LogP contribution is -2.42. The molecule has 5 heteroatoms. The predicted molar refractivity (Wildman–Crippen MR) is 68.3 cm³/mol. The molecule has 96 valence electrons. The molecular weight excluding hydrogens is 238 g/mol. The summed E-state index contributed by atoms with van der Waals surface area (Å²) in [6.45, 7) is 7.31. The molecule has 0 aliphatic rings. The van der Waals surface area contributed by atoms with Gasteiger partial charge in [-0.3, -0.25) is 0 Å². The fourth-order valence-corrected chi connectivity index (χ4v) is 2.46. The molecule has 0 spiro atoms. The van der Waals surface area contributed by atoms with Crippen molar-refractivity contribution in [3.05, 3.63) is 29.8 Å². The molecule has 0 aliphatic heterocycles. The van der Waals surface area contributed by atoms with E-state index in [1.807, 2.05) is 19.1 Å². The van der Waals surface area contributed by atoms with E-state index in [1.54, 1.807) is 32.9 Å². The molecule has 0 amide bonds. The SMILES string of the molecule is CCc1ccc(OS(=O)(=O)NC(C)(C)C)cc1. The third kappa shape index (κ3) is 5.19. The van der Waals surface area contributed by atoms with Gasteiger partial charge < -0.3 is 4.18 Å². The highest BCUT2D eigenvalue weighted by molar-refractivity contribution is 7.85. The number of hydrogen-bond acceptors (Lipinski definition) is 3. The summed E-state index contributed by atoms with van der Waals surface area (Å²) < 4.78 is 30.6. The Balaban J connectivity index is 2.76. The summed E-state index contributed by atoms with van der Waals surface area (Å²) in [5.74, 6) is 0.318. The zero-order chi connectivity index (χ0) is 13.1. The van der Waals surface area contributed by atoms with Crippen LogP contribution in [0.25, 0.3) is 0 Å². The zero-order valence-corrected chi connectivity index (χ0v) is 11.5. The highest BCUT2D eigenvalue weighted by Gasteiger charge is 2.21. The standard InChI is InChI=1S/C12H19NO3S/c1-5-10-6-8-11(9-7-10)16-17(14,15)13-12(2,3)4/h6-9,13H,5H2,1-4H3. The average Bonchev–Trinajstić information content (AvgIpc) is 2.14. The molecule has 0 heterocycles. The van der Waals surface area contributed by atoms with Crippen molar-refractivity contribution >= 4 is 10.3 Å². The molecule has 1 rings (SSSR count). The number of hydrogen-bond donors (Lipinski definition) is 1. The molecule has 1 aromatic carbocycles. The fraction of sp³-hybridized carbons (Fsp3) is 0.500. The molecule has 4 nitrogen and oxygen atoms in total. The Morgan fingerprint density at radius 2 is 1.71 bits per heavy atom. The summed E-state index contributed by atoms with van der Waals surface area (Å²) in [6, 6.07) is 7.01. The van der Waals surface area contributed by atoms with Gasteiger partial charge in [0.15, 0.2) is 0 Å². The maximum absolute atomic E-state index is 11.6. The van der Waals surface area contributed by atoms with Crippen molar-refractivity contribution in [2.75, 3.05) is 0 Å². The number of aryl methyl sites for hydroxylation is 1. The monoisotopic (exact) mass is 257 g/mol. The van der Waals surface area contributed by atoms with E-state index in [4.69, 9.17) is 4.18 Å². The quantitative estimate of drug-likeness (QED) is 0.900. The normalized spacial score (nSPS) is 12.5. The zero-order valence-electron chi connectivity index (χ0n) is 10.6. The summed E-state index contributed by atoms with van der Waals surface area (Å²) in [5.41, 5.74) is 0.584. The van der Waals surface area contributed by atoms with Crippen molar-refractivity contribution < 1.29 is 12.6 Å². The van der Waals surface area contributed by atoms with Crippen molar-refractivity contribution in [2.45, 2.75) is 39.7 Å². The molecule has 0 bridgehead atoms. The second kappa shape index (κ2) is 5.06. The number of rotatable bonds is 4. The average molecular weight is 257 g/mol. The minimum atomic E-state index is -3.76. The van der Waals surface area contributed by atoms with Gasteiger partial charge in [-0.15, -0.1) is 0 Å². The summed E-state index contributed by atoms with van der Waals surface area (Å²) in [7, 11) is -3.76. The van der Waals surface area contributed by atoms with E-state index in [1.165, 1.54) is 0 Å². The van der Waals surface area contributed by atoms with Crippen LogP contribution in [-0.4, -0.2) is 14.0 Å². The Morgan fingerprint density at radius 3 is 2.12 bits per heavy atom. The molecule has 1 N–H and O–H groups in total. The van der Waals surface area contributed by atoms with Crippen molar-refractivity contribution in [3.8, 4) is 5.75 Å². The molecule has 0 radical (unpaired) electrons. The van der Waals surface area contributed by atoms with Gasteiger partial charge in [-0.1, -0.05) is 19.1 Å². The lowest BCUT2D eigenvalue weighted by Gasteiger charge is -2.19. The number of benzene rings is 1. The Labute approximate surface area is 103 Å². The second-order valence-electron chi connectivity index (χ2n) is 4.89. The van der Waals surface area contributed by atoms with Gasteiger partial charge >= 0.3 is 10.3 Å². The third-order valence-corrected chi connectivity index (χ3v) is 3.24. The Kier molecular flexibility index (Phi) is 4.16. The minimum Gasteiger partial charge on any atom is -0.371 e. The molecule has 1 aromatic rings. The first kappa shape index (κ1) is 14.0. The summed E-state index contributed by atoms with van der Waals surface area (Å²) in [6.07, 6.45) is 0.910. The van der Waals surface area contributed by atoms with E-state index in [0.29, 0.717) is 5.75 Å². The lowest BCUT2D eigenvalue weighted by atomic mass is 10.1. The summed E-state index contributed by atoms with van der Waals surface area (Å²) in [5, 5.41) is 0. The lowest BCUT2D eigenvalue weighted by molar-refractivity contribution is 0.428. The first-order chi connectivity index (χ1) is 7.72. The van der Waals surface area contributed by atoms with Crippen LogP contribution in [0.4, 0.5) is 0 Å². The topological polar surface area (TPSA) is 55.4 Å². The fourth-order valence-electron chi connectivity index (χ4n) is 1.30. The molecule has 0 aromatic heterocycles. The van der Waals surface area contributed by atoms with Crippen LogP contribution in [0.15, 0.2) is 24.3 Å². The van der Waals surface area contributed by atoms with E-state index in [2.05, 4.69) is 4.72 Å². The van der Waals surface area contributed by atoms with Gasteiger partial charge in [0.1, 0.15) is 5.75 Å². The maximum Gasteiger partial charge on any atom is 0.383 e. The molecule has 17 heavy (non-hydrogen) atoms. The molecule has 0 fully saturated rings. The van der Waals surface area contributed by atoms with E-state index in [9.17, 15) is 8.42 Å². The second-order valence-corrected chi connectivity index (χ2v) is 6.17. The van der Waals surface area contributed by atoms with E-state index < -0.39 is 15.8 Å². The van der Waals surface area contributed by atoms with E-state index >= 15 is 0 Å². The van der Waals surface area contributed by atoms with Crippen LogP contribution in [-0.2, 0) is 16.7 Å². The van der Waals surface area contributed by atoms with Crippen molar-refractivity contribution in [1.29, 1.82) is 0 Å². The van der Waals surface area contributed by atoms with E-state index in [-0.39, 0.29) is 0 Å². The van der Waals surface area contributed by atoms with Crippen LogP contribution in [0.2, 0.25) is 0 Å². The summed E-state index contributed by atoms with van der Waals surface area (Å²) >= 11 is 0. The van der Waals surface area contributed by atoms with Crippen molar-refractivity contribution in [2.24, 2.45) is 0 Å². The Bertz CT molecular complexity index is 458. The van der Waals surface area contributed by atoms with Gasteiger partial charge in [0, 0.05) is 5.54 Å². The molecule has 0 saturated carbocycles. The molecule has 0 saturated heterocycles. The van der Waals surface area contributed by atoms with Crippen LogP contribution < -0.4 is 8.91 Å². The highest BCUT2D eigenvalue weighted by Crippen LogP contribution is 2.15. The van der Waals surface area contributed by atoms with Gasteiger partial charge in [-0.25, -0.2) is 0 Å². The van der Waals surface area contributed by atoms with Gasteiger partial charge in [0.2, 0.25) is 0 Å². The van der Waals surface area contributed by atoms with Gasteiger partial charge in [0.05, 0.1) is 0 Å². The van der Waals surface area contributed by atoms with Crippen molar-refractivity contribution in [1.82, 2.24) is 4.72 Å². The largest absolute Gasteiger partial charge is 0.383 e. The van der Waals surface area contributed by atoms with Crippen molar-refractivity contribution in [3.63, 3.8) is 0 Å². The van der Waals surface area contributed by atoms with Gasteiger partial charge in [0.25, 0.3) is 0 Å². The van der Waals surface area contributed by atoms with E-state index in [0.717, 1.165) is 12.0 Å². The third-order valence-electron chi connectivity index (χ3n) is 1.97. The van der Waals surface area contributed by atoms with Gasteiger partial charge in [-0.2, -0.15) is 13.1 Å². The van der Waals surface area contributed by atoms with Crippen LogP contribution in [0.5, 0.6) is 5.75 Å². The molecule has 0 aliphatic carbocycles. The predicted octanol–water partition coefficient (Wildman–Crippen LogP) is 2.26. The smallest absolute Gasteiger partial charge is 0.371 e. The molecular formula is C12H19NO3S. The maximum atomic E-state index is 11.6.